The average molecular weight is 224 g/mol. The van der Waals surface area contributed by atoms with Gasteiger partial charge in [0.2, 0.25) is 0 Å². The highest BCUT2D eigenvalue weighted by Crippen LogP contribution is 2.49. The minimum absolute atomic E-state index is 0.338. The maximum absolute atomic E-state index is 11.7. The summed E-state index contributed by atoms with van der Waals surface area (Å²) in [5.41, 5.74) is 0. The van der Waals surface area contributed by atoms with Crippen LogP contribution in [0.1, 0.15) is 40.0 Å². The van der Waals surface area contributed by atoms with Gasteiger partial charge in [0.15, 0.2) is 0 Å². The number of rotatable bonds is 9. The van der Waals surface area contributed by atoms with Crippen LogP contribution < -0.4 is 0 Å². The topological polar surface area (TPSA) is 44.8 Å². The summed E-state index contributed by atoms with van der Waals surface area (Å²) in [5, 5.41) is 0. The monoisotopic (exact) mass is 224 g/mol. The molecule has 0 aliphatic heterocycles. The second kappa shape index (κ2) is 8.42. The molecular formula is C9H21O4P. The third-order valence-corrected chi connectivity index (χ3v) is 3.22. The molecule has 0 bridgehead atoms. The van der Waals surface area contributed by atoms with Gasteiger partial charge in [0.1, 0.15) is 0 Å². The van der Waals surface area contributed by atoms with Crippen molar-refractivity contribution in [3.63, 3.8) is 0 Å². The van der Waals surface area contributed by atoms with Crippen molar-refractivity contribution in [2.24, 2.45) is 0 Å². The number of phosphoric acid groups is 1. The van der Waals surface area contributed by atoms with Crippen molar-refractivity contribution in [1.29, 1.82) is 0 Å². The van der Waals surface area contributed by atoms with Crippen molar-refractivity contribution in [2.45, 2.75) is 40.0 Å². The van der Waals surface area contributed by atoms with E-state index in [4.69, 9.17) is 13.6 Å². The van der Waals surface area contributed by atoms with E-state index >= 15 is 0 Å². The van der Waals surface area contributed by atoms with Gasteiger partial charge < -0.3 is 0 Å². The number of hydrogen-bond acceptors (Lipinski definition) is 4. The Morgan fingerprint density at radius 3 is 1.93 bits per heavy atom. The smallest absolute Gasteiger partial charge is 0.287 e. The molecule has 0 aliphatic carbocycles. The SMILES string of the molecule is CCCCCOP(=O)(OCC)OCC. The Bertz CT molecular complexity index is 162. The van der Waals surface area contributed by atoms with Gasteiger partial charge in [-0.05, 0) is 20.3 Å². The van der Waals surface area contributed by atoms with Crippen LogP contribution in [0.3, 0.4) is 0 Å². The molecule has 0 aromatic heterocycles. The summed E-state index contributed by atoms with van der Waals surface area (Å²) in [7, 11) is -3.26. The molecule has 5 heteroatoms. The van der Waals surface area contributed by atoms with Crippen LogP contribution in [0.4, 0.5) is 0 Å². The van der Waals surface area contributed by atoms with Gasteiger partial charge in [0.25, 0.3) is 0 Å². The molecule has 0 atom stereocenters. The standard InChI is InChI=1S/C9H21O4P/c1-4-7-8-9-13-14(10,11-5-2)12-6-3/h4-9H2,1-3H3. The fourth-order valence-corrected chi connectivity index (χ4v) is 2.17. The van der Waals surface area contributed by atoms with Crippen molar-refractivity contribution in [2.75, 3.05) is 19.8 Å². The molecule has 0 radical (unpaired) electrons. The van der Waals surface area contributed by atoms with Crippen molar-refractivity contribution in [3.8, 4) is 0 Å². The normalized spacial score (nSPS) is 11.9. The van der Waals surface area contributed by atoms with Crippen LogP contribution in [0.5, 0.6) is 0 Å². The molecule has 0 rings (SSSR count). The minimum atomic E-state index is -3.26. The maximum Gasteiger partial charge on any atom is 0.474 e. The fourth-order valence-electron chi connectivity index (χ4n) is 0.956. The van der Waals surface area contributed by atoms with Crippen LogP contribution in [0.2, 0.25) is 0 Å². The van der Waals surface area contributed by atoms with E-state index in [2.05, 4.69) is 6.92 Å². The molecule has 0 saturated heterocycles. The molecule has 14 heavy (non-hydrogen) atoms. The Balaban J connectivity index is 3.78. The third kappa shape index (κ3) is 6.55. The lowest BCUT2D eigenvalue weighted by molar-refractivity contribution is 0.120. The molecule has 0 amide bonds. The van der Waals surface area contributed by atoms with Gasteiger partial charge >= 0.3 is 7.82 Å². The Labute approximate surface area is 86.5 Å². The highest BCUT2D eigenvalue weighted by Gasteiger charge is 2.24. The lowest BCUT2D eigenvalue weighted by Crippen LogP contribution is -2.01. The third-order valence-electron chi connectivity index (χ3n) is 1.57. The molecule has 0 unspecified atom stereocenters. The maximum atomic E-state index is 11.7. The molecule has 0 aromatic carbocycles. The predicted octanol–water partition coefficient (Wildman–Crippen LogP) is 3.37. The predicted molar refractivity (Wildman–Crippen MR) is 56.3 cm³/mol. The van der Waals surface area contributed by atoms with Crippen LogP contribution in [-0.4, -0.2) is 19.8 Å². The zero-order valence-electron chi connectivity index (χ0n) is 9.32. The summed E-state index contributed by atoms with van der Waals surface area (Å²) in [6.07, 6.45) is 3.07. The Morgan fingerprint density at radius 1 is 0.929 bits per heavy atom. The lowest BCUT2D eigenvalue weighted by atomic mass is 10.3. The van der Waals surface area contributed by atoms with Crippen LogP contribution in [0.25, 0.3) is 0 Å². The average Bonchev–Trinajstić information content (AvgIpc) is 2.13. The first kappa shape index (κ1) is 14.1. The largest absolute Gasteiger partial charge is 0.474 e. The molecule has 0 aromatic rings. The first-order valence-corrected chi connectivity index (χ1v) is 6.68. The van der Waals surface area contributed by atoms with E-state index in [1.54, 1.807) is 13.8 Å². The number of phosphoric ester groups is 1. The highest BCUT2D eigenvalue weighted by molar-refractivity contribution is 7.48. The Kier molecular flexibility index (Phi) is 8.49. The summed E-state index contributed by atoms with van der Waals surface area (Å²) in [6, 6.07) is 0. The zero-order chi connectivity index (χ0) is 10.9. The van der Waals surface area contributed by atoms with Gasteiger partial charge in [0, 0.05) is 0 Å². The van der Waals surface area contributed by atoms with Gasteiger partial charge in [-0.3, -0.25) is 13.6 Å². The first-order valence-electron chi connectivity index (χ1n) is 5.22. The summed E-state index contributed by atoms with van der Waals surface area (Å²) in [5.74, 6) is 0. The summed E-state index contributed by atoms with van der Waals surface area (Å²) in [6.45, 7) is 6.74. The van der Waals surface area contributed by atoms with E-state index in [9.17, 15) is 4.57 Å². The highest BCUT2D eigenvalue weighted by atomic mass is 31.2. The van der Waals surface area contributed by atoms with E-state index < -0.39 is 7.82 Å². The number of hydrogen-bond donors (Lipinski definition) is 0. The van der Waals surface area contributed by atoms with Crippen LogP contribution in [0, 0.1) is 0 Å². The molecule has 86 valence electrons. The summed E-state index contributed by atoms with van der Waals surface area (Å²) < 4.78 is 26.8. The van der Waals surface area contributed by atoms with Crippen molar-refractivity contribution < 1.29 is 18.1 Å². The lowest BCUT2D eigenvalue weighted by Gasteiger charge is -2.15. The first-order chi connectivity index (χ1) is 6.68. The fraction of sp³-hybridized carbons (Fsp3) is 1.00. The molecule has 0 heterocycles. The summed E-state index contributed by atoms with van der Waals surface area (Å²) in [4.78, 5) is 0. The molecule has 0 fully saturated rings. The van der Waals surface area contributed by atoms with E-state index in [1.807, 2.05) is 0 Å². The van der Waals surface area contributed by atoms with Crippen molar-refractivity contribution >= 4 is 7.82 Å². The zero-order valence-corrected chi connectivity index (χ0v) is 10.2. The molecule has 0 saturated carbocycles. The van der Waals surface area contributed by atoms with E-state index in [0.29, 0.717) is 19.8 Å². The van der Waals surface area contributed by atoms with Crippen molar-refractivity contribution in [3.05, 3.63) is 0 Å². The van der Waals surface area contributed by atoms with Gasteiger partial charge in [-0.1, -0.05) is 19.8 Å². The molecule has 0 spiro atoms. The van der Waals surface area contributed by atoms with E-state index in [1.165, 1.54) is 0 Å². The van der Waals surface area contributed by atoms with Gasteiger partial charge in [0.05, 0.1) is 19.8 Å². The Hall–Kier alpha value is 0.110. The van der Waals surface area contributed by atoms with Gasteiger partial charge in [-0.15, -0.1) is 0 Å². The van der Waals surface area contributed by atoms with Crippen LogP contribution in [0.15, 0.2) is 0 Å². The minimum Gasteiger partial charge on any atom is -0.287 e. The summed E-state index contributed by atoms with van der Waals surface area (Å²) >= 11 is 0. The van der Waals surface area contributed by atoms with Crippen LogP contribution >= 0.6 is 7.82 Å². The molecule has 0 aliphatic rings. The Morgan fingerprint density at radius 2 is 1.50 bits per heavy atom. The van der Waals surface area contributed by atoms with Gasteiger partial charge in [-0.25, -0.2) is 4.57 Å². The number of unbranched alkanes of at least 4 members (excludes halogenated alkanes) is 2. The molecule has 4 nitrogen and oxygen atoms in total. The second-order valence-electron chi connectivity index (χ2n) is 2.82. The van der Waals surface area contributed by atoms with E-state index in [-0.39, 0.29) is 0 Å². The second-order valence-corrected chi connectivity index (χ2v) is 4.49. The molecular weight excluding hydrogens is 203 g/mol. The van der Waals surface area contributed by atoms with Crippen molar-refractivity contribution in [1.82, 2.24) is 0 Å². The van der Waals surface area contributed by atoms with Crippen LogP contribution in [-0.2, 0) is 18.1 Å². The quantitative estimate of drug-likeness (QED) is 0.445. The van der Waals surface area contributed by atoms with Gasteiger partial charge in [-0.2, -0.15) is 0 Å². The van der Waals surface area contributed by atoms with E-state index in [0.717, 1.165) is 19.3 Å². The molecule has 0 N–H and O–H groups in total.